The van der Waals surface area contributed by atoms with E-state index in [-0.39, 0.29) is 6.61 Å². The zero-order chi connectivity index (χ0) is 13.0. The number of aliphatic hydroxyl groups is 1. The monoisotopic (exact) mass is 269 g/mol. The second-order valence-corrected chi connectivity index (χ2v) is 5.02. The summed E-state index contributed by atoms with van der Waals surface area (Å²) in [5, 5.41) is 9.78. The van der Waals surface area contributed by atoms with Crippen molar-refractivity contribution >= 4 is 17.3 Å². The highest BCUT2D eigenvalue weighted by Crippen LogP contribution is 2.28. The molecule has 1 aliphatic rings. The Hall–Kier alpha value is -0.770. The maximum atomic E-state index is 9.09. The molecule has 0 saturated carbocycles. The fourth-order valence-electron chi connectivity index (χ4n) is 2.34. The lowest BCUT2D eigenvalue weighted by molar-refractivity contribution is 0.115. The van der Waals surface area contributed by atoms with E-state index in [9.17, 15) is 0 Å². The van der Waals surface area contributed by atoms with Crippen molar-refractivity contribution in [3.8, 4) is 0 Å². The van der Waals surface area contributed by atoms with Gasteiger partial charge in [0.25, 0.3) is 0 Å². The summed E-state index contributed by atoms with van der Waals surface area (Å²) in [5.74, 6) is 0. The molecule has 0 amide bonds. The summed E-state index contributed by atoms with van der Waals surface area (Å²) in [5.41, 5.74) is 1.86. The van der Waals surface area contributed by atoms with Gasteiger partial charge in [0.05, 0.1) is 23.4 Å². The van der Waals surface area contributed by atoms with Gasteiger partial charge in [0, 0.05) is 19.7 Å². The molecule has 0 aromatic heterocycles. The predicted octanol–water partition coefficient (Wildman–Crippen LogP) is 2.84. The topological polar surface area (TPSA) is 32.7 Å². The zero-order valence-electron chi connectivity index (χ0n) is 10.7. The van der Waals surface area contributed by atoms with Crippen molar-refractivity contribution in [2.75, 3.05) is 24.6 Å². The van der Waals surface area contributed by atoms with E-state index in [1.54, 1.807) is 0 Å². The number of hydrogen-bond acceptors (Lipinski definition) is 3. The molecule has 18 heavy (non-hydrogen) atoms. The first-order chi connectivity index (χ1) is 8.74. The smallest absolute Gasteiger partial charge is 0.0750 e. The zero-order valence-corrected chi connectivity index (χ0v) is 11.5. The Morgan fingerprint density at radius 1 is 1.50 bits per heavy atom. The summed E-state index contributed by atoms with van der Waals surface area (Å²) >= 11 is 6.27. The van der Waals surface area contributed by atoms with Gasteiger partial charge in [0.2, 0.25) is 0 Å². The highest BCUT2D eigenvalue weighted by atomic mass is 35.5. The van der Waals surface area contributed by atoms with Crippen molar-refractivity contribution < 1.29 is 9.84 Å². The third-order valence-corrected chi connectivity index (χ3v) is 3.67. The number of halogens is 1. The minimum Gasteiger partial charge on any atom is -0.392 e. The van der Waals surface area contributed by atoms with Crippen LogP contribution in [0.3, 0.4) is 0 Å². The van der Waals surface area contributed by atoms with Crippen LogP contribution < -0.4 is 4.90 Å². The Kier molecular flexibility index (Phi) is 4.87. The quantitative estimate of drug-likeness (QED) is 0.892. The normalized spacial score (nSPS) is 19.2. The molecule has 100 valence electrons. The molecule has 1 saturated heterocycles. The third kappa shape index (κ3) is 3.16. The molecule has 0 aliphatic carbocycles. The lowest BCUT2D eigenvalue weighted by Gasteiger charge is -2.27. The van der Waals surface area contributed by atoms with E-state index in [0.29, 0.717) is 11.1 Å². The van der Waals surface area contributed by atoms with E-state index < -0.39 is 0 Å². The summed E-state index contributed by atoms with van der Waals surface area (Å²) in [6.07, 6.45) is 2.60. The molecule has 1 aromatic carbocycles. The molecule has 0 spiro atoms. The molecular weight excluding hydrogens is 250 g/mol. The van der Waals surface area contributed by atoms with Gasteiger partial charge in [-0.25, -0.2) is 0 Å². The Bertz CT molecular complexity index is 391. The van der Waals surface area contributed by atoms with Crippen LogP contribution in [-0.4, -0.2) is 30.9 Å². The number of likely N-dealkylation sites (N-methyl/N-ethyl adjacent to an activating group) is 1. The van der Waals surface area contributed by atoms with E-state index in [2.05, 4.69) is 11.8 Å². The molecule has 3 nitrogen and oxygen atoms in total. The van der Waals surface area contributed by atoms with Gasteiger partial charge in [-0.1, -0.05) is 17.7 Å². The SMILES string of the molecule is CCN(CC1CCCO1)c1ccc(CO)cc1Cl. The summed E-state index contributed by atoms with van der Waals surface area (Å²) in [6, 6.07) is 5.72. The van der Waals surface area contributed by atoms with E-state index in [4.69, 9.17) is 21.4 Å². The Labute approximate surface area is 113 Å². The summed E-state index contributed by atoms with van der Waals surface area (Å²) < 4.78 is 5.67. The van der Waals surface area contributed by atoms with Crippen LogP contribution in [0.1, 0.15) is 25.3 Å². The molecule has 0 radical (unpaired) electrons. The van der Waals surface area contributed by atoms with Crippen molar-refractivity contribution in [3.63, 3.8) is 0 Å². The molecule has 1 heterocycles. The van der Waals surface area contributed by atoms with Gasteiger partial charge >= 0.3 is 0 Å². The van der Waals surface area contributed by atoms with Crippen molar-refractivity contribution in [1.29, 1.82) is 0 Å². The first-order valence-electron chi connectivity index (χ1n) is 6.50. The minimum absolute atomic E-state index is 0.0257. The summed E-state index contributed by atoms with van der Waals surface area (Å²) in [4.78, 5) is 2.24. The fourth-order valence-corrected chi connectivity index (χ4v) is 2.66. The highest BCUT2D eigenvalue weighted by Gasteiger charge is 2.19. The van der Waals surface area contributed by atoms with Gasteiger partial charge in [-0.2, -0.15) is 0 Å². The van der Waals surface area contributed by atoms with E-state index in [0.717, 1.165) is 43.8 Å². The summed E-state index contributed by atoms with van der Waals surface area (Å²) in [6.45, 7) is 4.80. The van der Waals surface area contributed by atoms with Crippen molar-refractivity contribution in [3.05, 3.63) is 28.8 Å². The second kappa shape index (κ2) is 6.41. The van der Waals surface area contributed by atoms with Crippen molar-refractivity contribution in [1.82, 2.24) is 0 Å². The fraction of sp³-hybridized carbons (Fsp3) is 0.571. The van der Waals surface area contributed by atoms with Crippen LogP contribution in [0.5, 0.6) is 0 Å². The lowest BCUT2D eigenvalue weighted by Crippen LogP contribution is -2.32. The molecule has 4 heteroatoms. The van der Waals surface area contributed by atoms with Gasteiger partial charge in [0.15, 0.2) is 0 Å². The molecule has 1 unspecified atom stereocenters. The minimum atomic E-state index is 0.0257. The number of rotatable bonds is 5. The molecule has 1 atom stereocenters. The third-order valence-electron chi connectivity index (χ3n) is 3.37. The molecular formula is C14H20ClNO2. The maximum Gasteiger partial charge on any atom is 0.0750 e. The molecule has 1 aromatic rings. The highest BCUT2D eigenvalue weighted by molar-refractivity contribution is 6.33. The first-order valence-corrected chi connectivity index (χ1v) is 6.88. The first kappa shape index (κ1) is 13.7. The molecule has 1 aliphatic heterocycles. The Morgan fingerprint density at radius 2 is 2.33 bits per heavy atom. The Morgan fingerprint density at radius 3 is 2.89 bits per heavy atom. The van der Waals surface area contributed by atoms with Gasteiger partial charge in [0.1, 0.15) is 0 Å². The van der Waals surface area contributed by atoms with E-state index >= 15 is 0 Å². The van der Waals surface area contributed by atoms with E-state index in [1.807, 2.05) is 18.2 Å². The average Bonchev–Trinajstić information content (AvgIpc) is 2.89. The molecule has 1 N–H and O–H groups in total. The number of anilines is 1. The lowest BCUT2D eigenvalue weighted by atomic mass is 10.1. The van der Waals surface area contributed by atoms with Crippen LogP contribution in [0, 0.1) is 0 Å². The molecule has 1 fully saturated rings. The van der Waals surface area contributed by atoms with E-state index in [1.165, 1.54) is 0 Å². The van der Waals surface area contributed by atoms with Crippen molar-refractivity contribution in [2.24, 2.45) is 0 Å². The van der Waals surface area contributed by atoms with Crippen molar-refractivity contribution in [2.45, 2.75) is 32.5 Å². The molecule has 0 bridgehead atoms. The van der Waals surface area contributed by atoms with Gasteiger partial charge < -0.3 is 14.7 Å². The summed E-state index contributed by atoms with van der Waals surface area (Å²) in [7, 11) is 0. The predicted molar refractivity (Wildman–Crippen MR) is 74.2 cm³/mol. The largest absolute Gasteiger partial charge is 0.392 e. The van der Waals surface area contributed by atoms with Crippen LogP contribution in [0.2, 0.25) is 5.02 Å². The van der Waals surface area contributed by atoms with Crippen LogP contribution in [0.4, 0.5) is 5.69 Å². The number of benzene rings is 1. The van der Waals surface area contributed by atoms with Gasteiger partial charge in [-0.3, -0.25) is 0 Å². The number of aliphatic hydroxyl groups excluding tert-OH is 1. The number of ether oxygens (including phenoxy) is 1. The Balaban J connectivity index is 2.10. The molecule has 2 rings (SSSR count). The van der Waals surface area contributed by atoms with Gasteiger partial charge in [-0.05, 0) is 37.5 Å². The van der Waals surface area contributed by atoms with Gasteiger partial charge in [-0.15, -0.1) is 0 Å². The second-order valence-electron chi connectivity index (χ2n) is 4.62. The maximum absolute atomic E-state index is 9.09. The average molecular weight is 270 g/mol. The standard InChI is InChI=1S/C14H20ClNO2/c1-2-16(9-12-4-3-7-18-12)14-6-5-11(10-17)8-13(14)15/h5-6,8,12,17H,2-4,7,9-10H2,1H3. The number of hydrogen-bond donors (Lipinski definition) is 1. The van der Waals surface area contributed by atoms with Crippen LogP contribution in [0.25, 0.3) is 0 Å². The van der Waals surface area contributed by atoms with Crippen LogP contribution in [0.15, 0.2) is 18.2 Å². The number of nitrogens with zero attached hydrogens (tertiary/aromatic N) is 1. The van der Waals surface area contributed by atoms with Crippen LogP contribution in [-0.2, 0) is 11.3 Å². The van der Waals surface area contributed by atoms with Crippen LogP contribution >= 0.6 is 11.6 Å².